The minimum absolute atomic E-state index is 0.0589. The number of hydrogen-bond acceptors (Lipinski definition) is 4. The summed E-state index contributed by atoms with van der Waals surface area (Å²) in [6.45, 7) is 2.09. The molecule has 0 bridgehead atoms. The molecule has 0 spiro atoms. The van der Waals surface area contributed by atoms with Crippen LogP contribution in [0.1, 0.15) is 30.3 Å². The average molecular weight is 195 g/mol. The summed E-state index contributed by atoms with van der Waals surface area (Å²) >= 11 is 0. The monoisotopic (exact) mass is 195 g/mol. The van der Waals surface area contributed by atoms with Gasteiger partial charge < -0.3 is 15.0 Å². The largest absolute Gasteiger partial charge is 0.464 e. The maximum absolute atomic E-state index is 11.2. The van der Waals surface area contributed by atoms with E-state index in [-0.39, 0.29) is 11.2 Å². The number of aromatic nitrogens is 2. The lowest BCUT2D eigenvalue weighted by Gasteiger charge is -2.11. The van der Waals surface area contributed by atoms with Gasteiger partial charge in [-0.2, -0.15) is 0 Å². The van der Waals surface area contributed by atoms with E-state index in [0.717, 1.165) is 12.8 Å². The van der Waals surface area contributed by atoms with Gasteiger partial charge in [-0.3, -0.25) is 0 Å². The number of anilines is 1. The minimum Gasteiger partial charge on any atom is -0.464 e. The molecule has 0 unspecified atom stereocenters. The molecule has 0 amide bonds. The van der Waals surface area contributed by atoms with Gasteiger partial charge in [-0.05, 0) is 19.8 Å². The molecular weight excluding hydrogens is 182 g/mol. The van der Waals surface area contributed by atoms with Crippen LogP contribution in [0.25, 0.3) is 0 Å². The zero-order chi connectivity index (χ0) is 10.3. The SMILES string of the molecule is COC(=O)c1ncn(C2(C)CC2)c1N. The second-order valence-electron chi connectivity index (χ2n) is 3.84. The molecule has 1 aromatic rings. The van der Waals surface area contributed by atoms with Gasteiger partial charge in [-0.15, -0.1) is 0 Å². The van der Waals surface area contributed by atoms with Crippen LogP contribution in [0, 0.1) is 0 Å². The van der Waals surface area contributed by atoms with Gasteiger partial charge in [-0.25, -0.2) is 9.78 Å². The molecule has 0 aliphatic heterocycles. The van der Waals surface area contributed by atoms with Gasteiger partial charge in [-0.1, -0.05) is 0 Å². The number of imidazole rings is 1. The van der Waals surface area contributed by atoms with Crippen LogP contribution in [-0.2, 0) is 10.3 Å². The van der Waals surface area contributed by atoms with Gasteiger partial charge in [0.1, 0.15) is 5.82 Å². The topological polar surface area (TPSA) is 70.1 Å². The van der Waals surface area contributed by atoms with Crippen LogP contribution in [0.15, 0.2) is 6.33 Å². The fourth-order valence-corrected chi connectivity index (χ4v) is 1.46. The highest BCUT2D eigenvalue weighted by Gasteiger charge is 2.41. The van der Waals surface area contributed by atoms with E-state index in [9.17, 15) is 4.79 Å². The van der Waals surface area contributed by atoms with Gasteiger partial charge in [0.15, 0.2) is 5.69 Å². The van der Waals surface area contributed by atoms with Crippen LogP contribution >= 0.6 is 0 Å². The number of rotatable bonds is 2. The van der Waals surface area contributed by atoms with Crippen molar-refractivity contribution in [2.75, 3.05) is 12.8 Å². The van der Waals surface area contributed by atoms with Crippen molar-refractivity contribution in [1.82, 2.24) is 9.55 Å². The van der Waals surface area contributed by atoms with Crippen molar-refractivity contribution in [3.8, 4) is 0 Å². The maximum atomic E-state index is 11.2. The summed E-state index contributed by atoms with van der Waals surface area (Å²) in [7, 11) is 1.32. The first-order valence-corrected chi connectivity index (χ1v) is 4.50. The lowest BCUT2D eigenvalue weighted by atomic mass is 10.3. The van der Waals surface area contributed by atoms with Crippen molar-refractivity contribution in [3.63, 3.8) is 0 Å². The number of nitrogen functional groups attached to an aromatic ring is 1. The quantitative estimate of drug-likeness (QED) is 0.707. The number of carbonyl (C=O) groups excluding carboxylic acids is 1. The number of methoxy groups -OCH3 is 1. The molecule has 0 radical (unpaired) electrons. The van der Waals surface area contributed by atoms with E-state index >= 15 is 0 Å². The molecule has 2 rings (SSSR count). The van der Waals surface area contributed by atoms with Crippen molar-refractivity contribution in [2.24, 2.45) is 0 Å². The highest BCUT2D eigenvalue weighted by atomic mass is 16.5. The van der Waals surface area contributed by atoms with E-state index in [1.807, 2.05) is 4.57 Å². The van der Waals surface area contributed by atoms with Crippen molar-refractivity contribution in [1.29, 1.82) is 0 Å². The summed E-state index contributed by atoms with van der Waals surface area (Å²) in [5.74, 6) is -0.0812. The Kier molecular flexibility index (Phi) is 1.77. The molecule has 1 saturated carbocycles. The number of carbonyl (C=O) groups is 1. The lowest BCUT2D eigenvalue weighted by Crippen LogP contribution is -2.15. The van der Waals surface area contributed by atoms with E-state index < -0.39 is 5.97 Å². The first-order valence-electron chi connectivity index (χ1n) is 4.50. The molecule has 0 atom stereocenters. The number of esters is 1. The molecule has 0 saturated heterocycles. The smallest absolute Gasteiger partial charge is 0.360 e. The predicted molar refractivity (Wildman–Crippen MR) is 50.9 cm³/mol. The summed E-state index contributed by atoms with van der Waals surface area (Å²) in [6.07, 6.45) is 3.76. The number of hydrogen-bond donors (Lipinski definition) is 1. The Morgan fingerprint density at radius 3 is 2.86 bits per heavy atom. The van der Waals surface area contributed by atoms with Crippen LogP contribution in [-0.4, -0.2) is 22.6 Å². The van der Waals surface area contributed by atoms with Crippen LogP contribution in [0.5, 0.6) is 0 Å². The minimum atomic E-state index is -0.481. The first-order chi connectivity index (χ1) is 6.58. The van der Waals surface area contributed by atoms with E-state index in [4.69, 9.17) is 5.73 Å². The molecule has 5 heteroatoms. The van der Waals surface area contributed by atoms with Gasteiger partial charge in [0.2, 0.25) is 0 Å². The second-order valence-corrected chi connectivity index (χ2v) is 3.84. The summed E-state index contributed by atoms with van der Waals surface area (Å²) in [5.41, 5.74) is 6.07. The molecule has 1 aliphatic rings. The normalized spacial score (nSPS) is 17.9. The Morgan fingerprint density at radius 1 is 1.71 bits per heavy atom. The van der Waals surface area contributed by atoms with Crippen LogP contribution < -0.4 is 5.73 Å². The highest BCUT2D eigenvalue weighted by Crippen LogP contribution is 2.44. The third-order valence-electron chi connectivity index (χ3n) is 2.74. The van der Waals surface area contributed by atoms with Crippen molar-refractivity contribution < 1.29 is 9.53 Å². The van der Waals surface area contributed by atoms with Gasteiger partial charge in [0.25, 0.3) is 0 Å². The van der Waals surface area contributed by atoms with Gasteiger partial charge >= 0.3 is 5.97 Å². The average Bonchev–Trinajstić information content (AvgIpc) is 2.77. The maximum Gasteiger partial charge on any atom is 0.360 e. The highest BCUT2D eigenvalue weighted by molar-refractivity contribution is 5.92. The predicted octanol–water partition coefficient (Wildman–Crippen LogP) is 0.761. The summed E-state index contributed by atoms with van der Waals surface area (Å²) in [6, 6.07) is 0. The Labute approximate surface area is 81.9 Å². The van der Waals surface area contributed by atoms with Crippen LogP contribution in [0.4, 0.5) is 5.82 Å². The zero-order valence-corrected chi connectivity index (χ0v) is 8.28. The zero-order valence-electron chi connectivity index (χ0n) is 8.28. The molecule has 1 fully saturated rings. The van der Waals surface area contributed by atoms with E-state index in [0.29, 0.717) is 5.82 Å². The van der Waals surface area contributed by atoms with Crippen LogP contribution in [0.2, 0.25) is 0 Å². The Hall–Kier alpha value is -1.52. The Balaban J connectivity index is 2.37. The first kappa shape index (κ1) is 9.05. The molecule has 1 aromatic heterocycles. The fourth-order valence-electron chi connectivity index (χ4n) is 1.46. The molecule has 76 valence electrons. The molecular formula is C9H13N3O2. The Bertz CT molecular complexity index is 379. The molecule has 0 aromatic carbocycles. The number of nitrogens with zero attached hydrogens (tertiary/aromatic N) is 2. The van der Waals surface area contributed by atoms with E-state index in [1.54, 1.807) is 6.33 Å². The van der Waals surface area contributed by atoms with E-state index in [1.165, 1.54) is 7.11 Å². The fraction of sp³-hybridized carbons (Fsp3) is 0.556. The Morgan fingerprint density at radius 2 is 2.36 bits per heavy atom. The van der Waals surface area contributed by atoms with Gasteiger partial charge in [0.05, 0.1) is 13.4 Å². The van der Waals surface area contributed by atoms with Gasteiger partial charge in [0, 0.05) is 5.54 Å². The number of nitrogens with two attached hydrogens (primary N) is 1. The summed E-state index contributed by atoms with van der Waals surface area (Å²) in [4.78, 5) is 15.2. The molecule has 1 heterocycles. The molecule has 2 N–H and O–H groups in total. The summed E-state index contributed by atoms with van der Waals surface area (Å²) < 4.78 is 6.42. The lowest BCUT2D eigenvalue weighted by molar-refractivity contribution is 0.0596. The molecule has 14 heavy (non-hydrogen) atoms. The van der Waals surface area contributed by atoms with Crippen molar-refractivity contribution >= 4 is 11.8 Å². The molecule has 1 aliphatic carbocycles. The third kappa shape index (κ3) is 1.16. The summed E-state index contributed by atoms with van der Waals surface area (Å²) in [5, 5.41) is 0. The second kappa shape index (κ2) is 2.73. The third-order valence-corrected chi connectivity index (χ3v) is 2.74. The van der Waals surface area contributed by atoms with Crippen molar-refractivity contribution in [2.45, 2.75) is 25.3 Å². The number of ether oxygens (including phenoxy) is 1. The van der Waals surface area contributed by atoms with Crippen molar-refractivity contribution in [3.05, 3.63) is 12.0 Å². The van der Waals surface area contributed by atoms with E-state index in [2.05, 4.69) is 16.6 Å². The molecule has 5 nitrogen and oxygen atoms in total. The van der Waals surface area contributed by atoms with Crippen LogP contribution in [0.3, 0.4) is 0 Å². The standard InChI is InChI=1S/C9H13N3O2/c1-9(3-4-9)12-5-11-6(7(12)10)8(13)14-2/h5H,3-4,10H2,1-2H3.